The van der Waals surface area contributed by atoms with Gasteiger partial charge in [-0.1, -0.05) is 0 Å². The summed E-state index contributed by atoms with van der Waals surface area (Å²) in [7, 11) is 0. The van der Waals surface area contributed by atoms with E-state index in [1.54, 1.807) is 12.1 Å². The van der Waals surface area contributed by atoms with Gasteiger partial charge >= 0.3 is 0 Å². The highest BCUT2D eigenvalue weighted by Gasteiger charge is 2.16. The Labute approximate surface area is 84.1 Å². The molecule has 0 unspecified atom stereocenters. The van der Waals surface area contributed by atoms with Crippen LogP contribution in [0.5, 0.6) is 5.75 Å². The molecule has 1 saturated heterocycles. The lowest BCUT2D eigenvalue weighted by molar-refractivity contribution is 0.474. The van der Waals surface area contributed by atoms with E-state index in [0.29, 0.717) is 5.75 Å². The summed E-state index contributed by atoms with van der Waals surface area (Å²) < 4.78 is 0. The van der Waals surface area contributed by atoms with Crippen LogP contribution >= 0.6 is 0 Å². The van der Waals surface area contributed by atoms with Gasteiger partial charge in [-0.15, -0.1) is 0 Å². The molecular formula is C11H16N2O. The van der Waals surface area contributed by atoms with E-state index < -0.39 is 0 Å². The zero-order chi connectivity index (χ0) is 9.97. The predicted octanol–water partition coefficient (Wildman–Crippen LogP) is 1.32. The molecule has 1 fully saturated rings. The number of piperidine rings is 1. The molecule has 1 aromatic carbocycles. The molecule has 0 aromatic heterocycles. The van der Waals surface area contributed by atoms with Gasteiger partial charge in [0.2, 0.25) is 0 Å². The second kappa shape index (κ2) is 3.88. The van der Waals surface area contributed by atoms with Crippen LogP contribution in [0.4, 0.5) is 5.69 Å². The number of rotatable bonds is 1. The van der Waals surface area contributed by atoms with Crippen molar-refractivity contribution in [1.82, 2.24) is 0 Å². The fourth-order valence-corrected chi connectivity index (χ4v) is 1.91. The maximum Gasteiger partial charge on any atom is 0.115 e. The van der Waals surface area contributed by atoms with Gasteiger partial charge in [0.05, 0.1) is 0 Å². The average Bonchev–Trinajstić information content (AvgIpc) is 2.19. The summed E-state index contributed by atoms with van der Waals surface area (Å²) in [6.07, 6.45) is 2.27. The number of nitrogens with zero attached hydrogens (tertiary/aromatic N) is 1. The highest BCUT2D eigenvalue weighted by molar-refractivity contribution is 5.49. The number of benzene rings is 1. The Kier molecular flexibility index (Phi) is 2.59. The van der Waals surface area contributed by atoms with E-state index in [0.717, 1.165) is 31.6 Å². The van der Waals surface area contributed by atoms with Crippen molar-refractivity contribution < 1.29 is 5.11 Å². The van der Waals surface area contributed by atoms with Crippen LogP contribution in [0, 0.1) is 0 Å². The van der Waals surface area contributed by atoms with Crippen LogP contribution < -0.4 is 10.6 Å². The Balaban J connectivity index is 2.10. The van der Waals surface area contributed by atoms with Crippen LogP contribution in [-0.2, 0) is 0 Å². The summed E-state index contributed by atoms with van der Waals surface area (Å²) in [4.78, 5) is 2.27. The molecule has 0 spiro atoms. The number of anilines is 1. The third kappa shape index (κ3) is 1.99. The fraction of sp³-hybridized carbons (Fsp3) is 0.455. The molecule has 1 aliphatic heterocycles. The van der Waals surface area contributed by atoms with Crippen molar-refractivity contribution in [3.8, 4) is 5.75 Å². The summed E-state index contributed by atoms with van der Waals surface area (Å²) in [5.74, 6) is 0.315. The molecule has 0 saturated carbocycles. The molecule has 0 amide bonds. The van der Waals surface area contributed by atoms with E-state index in [-0.39, 0.29) is 6.04 Å². The van der Waals surface area contributed by atoms with Gasteiger partial charge in [-0.05, 0) is 37.1 Å². The second-order valence-electron chi connectivity index (χ2n) is 3.86. The standard InChI is InChI=1S/C11H16N2O/c12-9-2-1-7-13(8-9)10-3-5-11(14)6-4-10/h3-6,9,14H,1-2,7-8,12H2/t9-/m0/s1. The summed E-state index contributed by atoms with van der Waals surface area (Å²) in [5, 5.41) is 9.16. The highest BCUT2D eigenvalue weighted by Crippen LogP contribution is 2.21. The van der Waals surface area contributed by atoms with E-state index in [4.69, 9.17) is 10.8 Å². The summed E-state index contributed by atoms with van der Waals surface area (Å²) in [5.41, 5.74) is 7.05. The van der Waals surface area contributed by atoms with Gasteiger partial charge in [-0.2, -0.15) is 0 Å². The third-order valence-electron chi connectivity index (χ3n) is 2.67. The molecule has 14 heavy (non-hydrogen) atoms. The minimum atomic E-state index is 0.289. The summed E-state index contributed by atoms with van der Waals surface area (Å²) >= 11 is 0. The first-order valence-corrected chi connectivity index (χ1v) is 5.05. The number of phenolic OH excluding ortho intramolecular Hbond substituents is 1. The highest BCUT2D eigenvalue weighted by atomic mass is 16.3. The van der Waals surface area contributed by atoms with Crippen molar-refractivity contribution in [3.05, 3.63) is 24.3 Å². The lowest BCUT2D eigenvalue weighted by atomic mass is 10.1. The van der Waals surface area contributed by atoms with Gasteiger partial charge in [0.25, 0.3) is 0 Å². The third-order valence-corrected chi connectivity index (χ3v) is 2.67. The fourth-order valence-electron chi connectivity index (χ4n) is 1.91. The topological polar surface area (TPSA) is 49.5 Å². The largest absolute Gasteiger partial charge is 0.508 e. The molecule has 1 aromatic rings. The quantitative estimate of drug-likeness (QED) is 0.705. The van der Waals surface area contributed by atoms with Crippen LogP contribution in [0.1, 0.15) is 12.8 Å². The number of phenols is 1. The molecule has 76 valence electrons. The SMILES string of the molecule is N[C@H]1CCCN(c2ccc(O)cc2)C1. The normalized spacial score (nSPS) is 22.4. The van der Waals surface area contributed by atoms with Crippen LogP contribution in [0.3, 0.4) is 0 Å². The first kappa shape index (κ1) is 9.34. The molecule has 1 aliphatic rings. The van der Waals surface area contributed by atoms with E-state index in [1.165, 1.54) is 0 Å². The van der Waals surface area contributed by atoms with Crippen LogP contribution in [0.25, 0.3) is 0 Å². The number of hydrogen-bond donors (Lipinski definition) is 2. The maximum absolute atomic E-state index is 9.16. The van der Waals surface area contributed by atoms with Crippen molar-refractivity contribution in [3.63, 3.8) is 0 Å². The minimum absolute atomic E-state index is 0.289. The smallest absolute Gasteiger partial charge is 0.115 e. The first-order valence-electron chi connectivity index (χ1n) is 5.05. The Morgan fingerprint density at radius 1 is 1.29 bits per heavy atom. The zero-order valence-corrected chi connectivity index (χ0v) is 8.19. The zero-order valence-electron chi connectivity index (χ0n) is 8.19. The molecule has 0 radical (unpaired) electrons. The van der Waals surface area contributed by atoms with Gasteiger partial charge in [-0.25, -0.2) is 0 Å². The first-order chi connectivity index (χ1) is 6.75. The van der Waals surface area contributed by atoms with Crippen molar-refractivity contribution in [1.29, 1.82) is 0 Å². The predicted molar refractivity (Wildman–Crippen MR) is 57.5 cm³/mol. The maximum atomic E-state index is 9.16. The molecule has 1 atom stereocenters. The van der Waals surface area contributed by atoms with Gasteiger partial charge in [0.1, 0.15) is 5.75 Å². The van der Waals surface area contributed by atoms with E-state index in [2.05, 4.69) is 4.90 Å². The van der Waals surface area contributed by atoms with Gasteiger partial charge in [0.15, 0.2) is 0 Å². The lowest BCUT2D eigenvalue weighted by Gasteiger charge is -2.32. The molecule has 2 rings (SSSR count). The molecule has 3 nitrogen and oxygen atoms in total. The lowest BCUT2D eigenvalue weighted by Crippen LogP contribution is -2.42. The van der Waals surface area contributed by atoms with E-state index in [1.807, 2.05) is 12.1 Å². The number of nitrogens with two attached hydrogens (primary N) is 1. The van der Waals surface area contributed by atoms with Crippen LogP contribution in [0.2, 0.25) is 0 Å². The molecule has 0 aliphatic carbocycles. The molecule has 0 bridgehead atoms. The number of aromatic hydroxyl groups is 1. The van der Waals surface area contributed by atoms with Gasteiger partial charge in [-0.3, -0.25) is 0 Å². The second-order valence-corrected chi connectivity index (χ2v) is 3.86. The van der Waals surface area contributed by atoms with Crippen molar-refractivity contribution in [2.24, 2.45) is 5.73 Å². The molecule has 3 heteroatoms. The van der Waals surface area contributed by atoms with Crippen LogP contribution in [-0.4, -0.2) is 24.2 Å². The van der Waals surface area contributed by atoms with E-state index in [9.17, 15) is 0 Å². The Morgan fingerprint density at radius 3 is 2.64 bits per heavy atom. The van der Waals surface area contributed by atoms with Crippen molar-refractivity contribution in [2.75, 3.05) is 18.0 Å². The Bertz CT molecular complexity index is 297. The van der Waals surface area contributed by atoms with Crippen molar-refractivity contribution >= 4 is 5.69 Å². The Hall–Kier alpha value is -1.22. The summed E-state index contributed by atoms with van der Waals surface area (Å²) in [6.45, 7) is 1.99. The number of hydrogen-bond acceptors (Lipinski definition) is 3. The van der Waals surface area contributed by atoms with Crippen LogP contribution in [0.15, 0.2) is 24.3 Å². The van der Waals surface area contributed by atoms with Crippen molar-refractivity contribution in [2.45, 2.75) is 18.9 Å². The summed E-state index contributed by atoms with van der Waals surface area (Å²) in [6, 6.07) is 7.60. The minimum Gasteiger partial charge on any atom is -0.508 e. The van der Waals surface area contributed by atoms with Gasteiger partial charge < -0.3 is 15.7 Å². The monoisotopic (exact) mass is 192 g/mol. The molecular weight excluding hydrogens is 176 g/mol. The Morgan fingerprint density at radius 2 is 2.00 bits per heavy atom. The molecule has 1 heterocycles. The molecule has 3 N–H and O–H groups in total. The van der Waals surface area contributed by atoms with Gasteiger partial charge in [0, 0.05) is 24.8 Å². The average molecular weight is 192 g/mol. The van der Waals surface area contributed by atoms with E-state index >= 15 is 0 Å².